The minimum Gasteiger partial charge on any atom is -0.353 e. The zero-order chi connectivity index (χ0) is 18.8. The summed E-state index contributed by atoms with van der Waals surface area (Å²) in [5.74, 6) is 1.21. The molecule has 0 N–H and O–H groups in total. The summed E-state index contributed by atoms with van der Waals surface area (Å²) in [5.41, 5.74) is 0.0179. The van der Waals surface area contributed by atoms with Crippen LogP contribution in [0.5, 0.6) is 0 Å². The Balaban J connectivity index is 1.44. The molecule has 1 aliphatic rings. The average Bonchev–Trinajstić information content (AvgIpc) is 3.25. The minimum absolute atomic E-state index is 0.184. The molecule has 0 spiro atoms. The largest absolute Gasteiger partial charge is 0.353 e. The zero-order valence-electron chi connectivity index (χ0n) is 14.6. The lowest BCUT2D eigenvalue weighted by atomic mass is 10.2. The normalized spacial score (nSPS) is 14.4. The third-order valence-electron chi connectivity index (χ3n) is 4.36. The van der Waals surface area contributed by atoms with Crippen molar-refractivity contribution in [3.8, 4) is 5.82 Å². The molecule has 0 atom stereocenters. The summed E-state index contributed by atoms with van der Waals surface area (Å²) in [6.45, 7) is 2.33. The number of hydrogen-bond donors (Lipinski definition) is 0. The molecule has 1 saturated heterocycles. The Morgan fingerprint density at radius 1 is 1.04 bits per heavy atom. The van der Waals surface area contributed by atoms with Gasteiger partial charge < -0.3 is 9.80 Å². The van der Waals surface area contributed by atoms with Crippen molar-refractivity contribution >= 4 is 11.7 Å². The van der Waals surface area contributed by atoms with E-state index in [0.29, 0.717) is 32.0 Å². The Morgan fingerprint density at radius 2 is 1.81 bits per heavy atom. The molecular formula is C16H17N9O2. The van der Waals surface area contributed by atoms with Gasteiger partial charge in [0.05, 0.1) is 0 Å². The summed E-state index contributed by atoms with van der Waals surface area (Å²) in [6, 6.07) is 4.65. The van der Waals surface area contributed by atoms with Crippen molar-refractivity contribution in [1.82, 2.24) is 39.4 Å². The summed E-state index contributed by atoms with van der Waals surface area (Å²) in [5, 5.41) is 8.10. The van der Waals surface area contributed by atoms with Crippen LogP contribution in [-0.4, -0.2) is 71.5 Å². The van der Waals surface area contributed by atoms with Gasteiger partial charge in [-0.1, -0.05) is 0 Å². The molecule has 11 nitrogen and oxygen atoms in total. The van der Waals surface area contributed by atoms with Crippen LogP contribution in [0.2, 0.25) is 0 Å². The highest BCUT2D eigenvalue weighted by Crippen LogP contribution is 2.16. The molecule has 0 aliphatic carbocycles. The minimum atomic E-state index is -0.247. The number of piperazine rings is 1. The highest BCUT2D eigenvalue weighted by atomic mass is 16.2. The second-order valence-electron chi connectivity index (χ2n) is 6.03. The van der Waals surface area contributed by atoms with E-state index in [1.165, 1.54) is 31.8 Å². The van der Waals surface area contributed by atoms with Gasteiger partial charge in [0, 0.05) is 45.4 Å². The van der Waals surface area contributed by atoms with Crippen LogP contribution >= 0.6 is 0 Å². The van der Waals surface area contributed by atoms with Crippen molar-refractivity contribution in [2.45, 2.75) is 0 Å². The van der Waals surface area contributed by atoms with Crippen molar-refractivity contribution in [2.75, 3.05) is 31.1 Å². The summed E-state index contributed by atoms with van der Waals surface area (Å²) in [6.07, 6.45) is 4.50. The van der Waals surface area contributed by atoms with E-state index < -0.39 is 0 Å². The van der Waals surface area contributed by atoms with Gasteiger partial charge >= 0.3 is 0 Å². The van der Waals surface area contributed by atoms with E-state index in [1.54, 1.807) is 15.9 Å². The summed E-state index contributed by atoms with van der Waals surface area (Å²) in [7, 11) is 1.53. The maximum Gasteiger partial charge on any atom is 0.274 e. The van der Waals surface area contributed by atoms with E-state index in [0.717, 1.165) is 10.5 Å². The van der Waals surface area contributed by atoms with Gasteiger partial charge in [-0.25, -0.2) is 24.3 Å². The zero-order valence-corrected chi connectivity index (χ0v) is 14.6. The molecule has 4 heterocycles. The van der Waals surface area contributed by atoms with Gasteiger partial charge in [-0.2, -0.15) is 10.2 Å². The molecule has 3 aromatic rings. The van der Waals surface area contributed by atoms with Crippen molar-refractivity contribution in [3.63, 3.8) is 0 Å². The molecule has 0 saturated carbocycles. The quantitative estimate of drug-likeness (QED) is 0.586. The van der Waals surface area contributed by atoms with Gasteiger partial charge in [-0.15, -0.1) is 0 Å². The number of hydrogen-bond acceptors (Lipinski definition) is 8. The molecule has 1 aliphatic heterocycles. The second kappa shape index (κ2) is 6.94. The van der Waals surface area contributed by atoms with Crippen molar-refractivity contribution in [3.05, 3.63) is 53.2 Å². The van der Waals surface area contributed by atoms with Gasteiger partial charge in [0.25, 0.3) is 11.5 Å². The Hall–Kier alpha value is -3.63. The van der Waals surface area contributed by atoms with Crippen LogP contribution in [0.15, 0.2) is 42.0 Å². The topological polar surface area (TPSA) is 115 Å². The molecule has 1 amide bonds. The van der Waals surface area contributed by atoms with Crippen molar-refractivity contribution in [2.24, 2.45) is 7.05 Å². The monoisotopic (exact) mass is 367 g/mol. The van der Waals surface area contributed by atoms with Crippen LogP contribution in [0.25, 0.3) is 5.82 Å². The van der Waals surface area contributed by atoms with Gasteiger partial charge in [-0.05, 0) is 6.07 Å². The van der Waals surface area contributed by atoms with Crippen LogP contribution in [0, 0.1) is 0 Å². The lowest BCUT2D eigenvalue weighted by molar-refractivity contribution is 0.0738. The molecule has 0 aromatic carbocycles. The number of nitrogens with zero attached hydrogens (tertiary/aromatic N) is 9. The van der Waals surface area contributed by atoms with Gasteiger partial charge in [0.15, 0.2) is 5.82 Å². The lowest BCUT2D eigenvalue weighted by Crippen LogP contribution is -2.49. The number of amides is 1. The number of aryl methyl sites for hydroxylation is 1. The molecule has 138 valence electrons. The number of carbonyl (C=O) groups is 1. The number of carbonyl (C=O) groups excluding carboxylic acids is 1. The first-order valence-corrected chi connectivity index (χ1v) is 8.37. The first-order valence-electron chi connectivity index (χ1n) is 8.37. The highest BCUT2D eigenvalue weighted by molar-refractivity contribution is 5.92. The maximum atomic E-state index is 12.6. The molecule has 3 aromatic heterocycles. The van der Waals surface area contributed by atoms with Gasteiger partial charge in [0.1, 0.15) is 30.5 Å². The van der Waals surface area contributed by atoms with Crippen LogP contribution in [-0.2, 0) is 7.05 Å². The standard InChI is InChI=1S/C16H17N9O2/c1-22-15(26)3-2-12(21-22)16(27)24-6-4-23(5-7-24)13-8-14(19-10-18-13)25-11-17-9-20-25/h2-3,8-11H,4-7H2,1H3. The Morgan fingerprint density at radius 3 is 2.52 bits per heavy atom. The lowest BCUT2D eigenvalue weighted by Gasteiger charge is -2.35. The summed E-state index contributed by atoms with van der Waals surface area (Å²) < 4.78 is 2.73. The van der Waals surface area contributed by atoms with Crippen molar-refractivity contribution in [1.29, 1.82) is 0 Å². The number of aromatic nitrogens is 7. The molecule has 11 heteroatoms. The van der Waals surface area contributed by atoms with Gasteiger partial charge in [0.2, 0.25) is 0 Å². The smallest absolute Gasteiger partial charge is 0.274 e. The average molecular weight is 367 g/mol. The highest BCUT2D eigenvalue weighted by Gasteiger charge is 2.24. The second-order valence-corrected chi connectivity index (χ2v) is 6.03. The maximum absolute atomic E-state index is 12.6. The molecule has 4 rings (SSSR count). The number of rotatable bonds is 3. The predicted molar refractivity (Wildman–Crippen MR) is 94.5 cm³/mol. The SMILES string of the molecule is Cn1nc(C(=O)N2CCN(c3cc(-n4cncn4)ncn3)CC2)ccc1=O. The predicted octanol–water partition coefficient (Wildman–Crippen LogP) is -0.887. The van der Waals surface area contributed by atoms with Crippen LogP contribution in [0.4, 0.5) is 5.82 Å². The summed E-state index contributed by atoms with van der Waals surface area (Å²) in [4.78, 5) is 40.3. The van der Waals surface area contributed by atoms with E-state index >= 15 is 0 Å². The Bertz CT molecular complexity index is 1010. The fraction of sp³-hybridized carbons (Fsp3) is 0.312. The van der Waals surface area contributed by atoms with Gasteiger partial charge in [-0.3, -0.25) is 9.59 Å². The molecule has 1 fully saturated rings. The molecule has 0 unspecified atom stereocenters. The van der Waals surface area contributed by atoms with Crippen LogP contribution in [0.3, 0.4) is 0 Å². The fourth-order valence-corrected chi connectivity index (χ4v) is 2.88. The van der Waals surface area contributed by atoms with Crippen LogP contribution in [0.1, 0.15) is 10.5 Å². The first-order chi connectivity index (χ1) is 13.1. The molecular weight excluding hydrogens is 350 g/mol. The summed E-state index contributed by atoms with van der Waals surface area (Å²) >= 11 is 0. The Kier molecular flexibility index (Phi) is 4.32. The molecule has 0 bridgehead atoms. The van der Waals surface area contributed by atoms with E-state index in [4.69, 9.17) is 0 Å². The van der Waals surface area contributed by atoms with E-state index in [-0.39, 0.29) is 17.2 Å². The van der Waals surface area contributed by atoms with Crippen LogP contribution < -0.4 is 10.5 Å². The van der Waals surface area contributed by atoms with E-state index in [9.17, 15) is 9.59 Å². The molecule has 0 radical (unpaired) electrons. The fourth-order valence-electron chi connectivity index (χ4n) is 2.88. The number of anilines is 1. The third kappa shape index (κ3) is 3.38. The van der Waals surface area contributed by atoms with E-state index in [2.05, 4.69) is 30.0 Å². The first kappa shape index (κ1) is 16.8. The van der Waals surface area contributed by atoms with Crippen molar-refractivity contribution < 1.29 is 4.79 Å². The molecule has 27 heavy (non-hydrogen) atoms. The Labute approximate surface area is 153 Å². The third-order valence-corrected chi connectivity index (χ3v) is 4.36. The van der Waals surface area contributed by atoms with E-state index in [1.807, 2.05) is 6.07 Å².